The van der Waals surface area contributed by atoms with Crippen molar-refractivity contribution in [1.82, 2.24) is 15.1 Å². The van der Waals surface area contributed by atoms with Crippen molar-refractivity contribution < 1.29 is 0 Å². The molecule has 0 bridgehead atoms. The van der Waals surface area contributed by atoms with Crippen LogP contribution >= 0.6 is 0 Å². The summed E-state index contributed by atoms with van der Waals surface area (Å²) in [6.07, 6.45) is 5.08. The molecule has 18 heavy (non-hydrogen) atoms. The molecule has 0 amide bonds. The van der Waals surface area contributed by atoms with E-state index in [0.29, 0.717) is 6.04 Å². The number of benzene rings is 1. The number of aromatic nitrogens is 2. The zero-order valence-corrected chi connectivity index (χ0v) is 10.8. The third-order valence-corrected chi connectivity index (χ3v) is 3.56. The lowest BCUT2D eigenvalue weighted by Gasteiger charge is -2.26. The highest BCUT2D eigenvalue weighted by atomic mass is 15.2. The molecule has 1 unspecified atom stereocenters. The van der Waals surface area contributed by atoms with Gasteiger partial charge < -0.3 is 10.6 Å². The first-order chi connectivity index (χ1) is 8.78. The van der Waals surface area contributed by atoms with Crippen LogP contribution in [0.4, 0.5) is 5.69 Å². The van der Waals surface area contributed by atoms with E-state index in [1.807, 2.05) is 31.2 Å². The van der Waals surface area contributed by atoms with Gasteiger partial charge in [0.05, 0.1) is 6.20 Å². The minimum absolute atomic E-state index is 0.442. The molecule has 94 valence electrons. The molecule has 1 aliphatic heterocycles. The maximum Gasteiger partial charge on any atom is 0.0568 e. The van der Waals surface area contributed by atoms with Crippen molar-refractivity contribution in [2.75, 3.05) is 18.9 Å². The van der Waals surface area contributed by atoms with Crippen LogP contribution in [0, 0.1) is 0 Å². The summed E-state index contributed by atoms with van der Waals surface area (Å²) in [6, 6.07) is 7.03. The van der Waals surface area contributed by atoms with Crippen LogP contribution in [0.15, 0.2) is 30.6 Å². The Morgan fingerprint density at radius 1 is 1.39 bits per heavy atom. The number of nitrogens with zero attached hydrogens (tertiary/aromatic N) is 2. The molecule has 0 fully saturated rings. The van der Waals surface area contributed by atoms with Crippen LogP contribution in [0.5, 0.6) is 0 Å². The van der Waals surface area contributed by atoms with Crippen molar-refractivity contribution in [3.05, 3.63) is 36.2 Å². The number of rotatable bonds is 2. The van der Waals surface area contributed by atoms with Gasteiger partial charge in [-0.05, 0) is 36.7 Å². The van der Waals surface area contributed by atoms with E-state index in [4.69, 9.17) is 0 Å². The summed E-state index contributed by atoms with van der Waals surface area (Å²) in [7, 11) is 3.97. The maximum absolute atomic E-state index is 4.23. The molecule has 1 aromatic heterocycles. The van der Waals surface area contributed by atoms with Gasteiger partial charge in [0.15, 0.2) is 0 Å². The van der Waals surface area contributed by atoms with Crippen LogP contribution in [-0.4, -0.2) is 23.4 Å². The van der Waals surface area contributed by atoms with E-state index in [1.165, 1.54) is 22.4 Å². The molecule has 1 aliphatic rings. The van der Waals surface area contributed by atoms with Gasteiger partial charge in [0.25, 0.3) is 0 Å². The Morgan fingerprint density at radius 3 is 3.00 bits per heavy atom. The second-order valence-corrected chi connectivity index (χ2v) is 4.76. The molecule has 0 spiro atoms. The minimum Gasteiger partial charge on any atom is -0.385 e. The van der Waals surface area contributed by atoms with Gasteiger partial charge in [0.1, 0.15) is 0 Å². The normalized spacial score (nSPS) is 18.2. The molecule has 2 N–H and O–H groups in total. The molecule has 4 heteroatoms. The molecule has 0 aliphatic carbocycles. The molecule has 0 saturated carbocycles. The highest BCUT2D eigenvalue weighted by molar-refractivity contribution is 5.68. The molecular formula is C14H18N4. The van der Waals surface area contributed by atoms with Gasteiger partial charge >= 0.3 is 0 Å². The van der Waals surface area contributed by atoms with Gasteiger partial charge in [0, 0.05) is 37.1 Å². The van der Waals surface area contributed by atoms with Gasteiger partial charge in [-0.25, -0.2) is 0 Å². The van der Waals surface area contributed by atoms with Crippen molar-refractivity contribution in [2.24, 2.45) is 7.05 Å². The first-order valence-corrected chi connectivity index (χ1v) is 6.32. The highest BCUT2D eigenvalue weighted by Crippen LogP contribution is 2.33. The lowest BCUT2D eigenvalue weighted by molar-refractivity contribution is 0.551. The summed E-state index contributed by atoms with van der Waals surface area (Å²) in [5.74, 6) is 0. The zero-order valence-electron chi connectivity index (χ0n) is 10.8. The number of anilines is 1. The van der Waals surface area contributed by atoms with E-state index in [1.54, 1.807) is 0 Å². The van der Waals surface area contributed by atoms with E-state index in [9.17, 15) is 0 Å². The van der Waals surface area contributed by atoms with Crippen LogP contribution in [0.2, 0.25) is 0 Å². The van der Waals surface area contributed by atoms with Crippen LogP contribution in [0.3, 0.4) is 0 Å². The van der Waals surface area contributed by atoms with Crippen LogP contribution in [0.1, 0.15) is 18.0 Å². The van der Waals surface area contributed by atoms with Crippen molar-refractivity contribution in [3.63, 3.8) is 0 Å². The second kappa shape index (κ2) is 4.46. The Hall–Kier alpha value is -1.81. The molecule has 1 atom stereocenters. The number of aryl methyl sites for hydroxylation is 1. The summed E-state index contributed by atoms with van der Waals surface area (Å²) in [6.45, 7) is 1.03. The van der Waals surface area contributed by atoms with E-state index in [2.05, 4.69) is 33.9 Å². The molecule has 2 aromatic rings. The quantitative estimate of drug-likeness (QED) is 0.848. The van der Waals surface area contributed by atoms with Crippen LogP contribution < -0.4 is 10.6 Å². The number of nitrogens with one attached hydrogen (secondary N) is 2. The maximum atomic E-state index is 4.23. The smallest absolute Gasteiger partial charge is 0.0568 e. The lowest BCUT2D eigenvalue weighted by Crippen LogP contribution is -2.25. The standard InChI is InChI=1S/C14H18N4/c1-15-13-5-6-16-14-4-3-10(7-12(13)14)11-8-17-18(2)9-11/h3-4,7-9,13,15-16H,5-6H2,1-2H3. The summed E-state index contributed by atoms with van der Waals surface area (Å²) in [5.41, 5.74) is 4.99. The van der Waals surface area contributed by atoms with Gasteiger partial charge in [-0.1, -0.05) is 6.07 Å². The van der Waals surface area contributed by atoms with Gasteiger partial charge in [-0.15, -0.1) is 0 Å². The third-order valence-electron chi connectivity index (χ3n) is 3.56. The van der Waals surface area contributed by atoms with E-state index >= 15 is 0 Å². The molecular weight excluding hydrogens is 224 g/mol. The number of fused-ring (bicyclic) bond motifs is 1. The largest absolute Gasteiger partial charge is 0.385 e. The fourth-order valence-electron chi connectivity index (χ4n) is 2.57. The fourth-order valence-corrected chi connectivity index (χ4v) is 2.57. The third kappa shape index (κ3) is 1.88. The Kier molecular flexibility index (Phi) is 2.80. The Morgan fingerprint density at radius 2 is 2.28 bits per heavy atom. The van der Waals surface area contributed by atoms with E-state index < -0.39 is 0 Å². The Balaban J connectivity index is 2.03. The summed E-state index contributed by atoms with van der Waals surface area (Å²) in [4.78, 5) is 0. The monoisotopic (exact) mass is 242 g/mol. The van der Waals surface area contributed by atoms with Crippen LogP contribution in [0.25, 0.3) is 11.1 Å². The number of hydrogen-bond donors (Lipinski definition) is 2. The van der Waals surface area contributed by atoms with Crippen molar-refractivity contribution in [1.29, 1.82) is 0 Å². The molecule has 3 rings (SSSR count). The van der Waals surface area contributed by atoms with Crippen molar-refractivity contribution in [2.45, 2.75) is 12.5 Å². The second-order valence-electron chi connectivity index (χ2n) is 4.76. The van der Waals surface area contributed by atoms with Gasteiger partial charge in [0.2, 0.25) is 0 Å². The van der Waals surface area contributed by atoms with Gasteiger partial charge in [-0.2, -0.15) is 5.10 Å². The SMILES string of the molecule is CNC1CCNc2ccc(-c3cnn(C)c3)cc21. The van der Waals surface area contributed by atoms with Gasteiger partial charge in [-0.3, -0.25) is 4.68 Å². The van der Waals surface area contributed by atoms with Crippen LogP contribution in [-0.2, 0) is 7.05 Å². The van der Waals surface area contributed by atoms with E-state index in [-0.39, 0.29) is 0 Å². The first kappa shape index (κ1) is 11.3. The van der Waals surface area contributed by atoms with E-state index in [0.717, 1.165) is 13.0 Å². The van der Waals surface area contributed by atoms with Crippen molar-refractivity contribution in [3.8, 4) is 11.1 Å². The first-order valence-electron chi connectivity index (χ1n) is 6.32. The Labute approximate surface area is 107 Å². The zero-order chi connectivity index (χ0) is 12.5. The predicted octanol–water partition coefficient (Wildman–Crippen LogP) is 2.16. The average Bonchev–Trinajstić information content (AvgIpc) is 2.84. The minimum atomic E-state index is 0.442. The molecule has 4 nitrogen and oxygen atoms in total. The summed E-state index contributed by atoms with van der Waals surface area (Å²) in [5, 5.41) is 11.1. The lowest BCUT2D eigenvalue weighted by atomic mass is 9.94. The van der Waals surface area contributed by atoms with Crippen molar-refractivity contribution >= 4 is 5.69 Å². The highest BCUT2D eigenvalue weighted by Gasteiger charge is 2.18. The summed E-state index contributed by atoms with van der Waals surface area (Å²) < 4.78 is 1.84. The molecule has 1 aromatic carbocycles. The number of hydrogen-bond acceptors (Lipinski definition) is 3. The molecule has 0 radical (unpaired) electrons. The molecule has 0 saturated heterocycles. The summed E-state index contributed by atoms with van der Waals surface area (Å²) >= 11 is 0. The topological polar surface area (TPSA) is 41.9 Å². The molecule has 2 heterocycles. The predicted molar refractivity (Wildman–Crippen MR) is 73.6 cm³/mol. The Bertz CT molecular complexity index is 559. The average molecular weight is 242 g/mol. The fraction of sp³-hybridized carbons (Fsp3) is 0.357.